The Bertz CT molecular complexity index is 1930. The summed E-state index contributed by atoms with van der Waals surface area (Å²) in [5.41, 5.74) is 2.47. The number of fused-ring (bicyclic) bond motifs is 4. The molecule has 2 amide bonds. The number of allylic oxidation sites excluding steroid dienone is 1. The number of carbonyl (C=O) groups excluding carboxylic acids is 3. The number of hydrogen-bond acceptors (Lipinski definition) is 10. The topological polar surface area (TPSA) is 156 Å². The smallest absolute Gasteiger partial charge is 0.327 e. The van der Waals surface area contributed by atoms with E-state index in [9.17, 15) is 19.5 Å². The molecule has 3 saturated heterocycles. The lowest BCUT2D eigenvalue weighted by Gasteiger charge is -2.48. The summed E-state index contributed by atoms with van der Waals surface area (Å²) in [7, 11) is 0. The molecule has 2 bridgehead atoms. The second-order valence-corrected chi connectivity index (χ2v) is 16.1. The Balaban J connectivity index is 1.15. The van der Waals surface area contributed by atoms with E-state index in [1.54, 1.807) is 35.4 Å². The number of phenols is 1. The Labute approximate surface area is 340 Å². The normalized spacial score (nSPS) is 25.7. The average molecular weight is 796 g/mol. The zero-order chi connectivity index (χ0) is 40.7. The van der Waals surface area contributed by atoms with E-state index in [2.05, 4.69) is 24.5 Å². The van der Waals surface area contributed by atoms with Crippen LogP contribution >= 0.6 is 0 Å². The lowest BCUT2D eigenvalue weighted by molar-refractivity contribution is -0.224. The fraction of sp³-hybridized carbons (Fsp3) is 0.500. The molecule has 12 nitrogen and oxygen atoms in total. The van der Waals surface area contributed by atoms with E-state index in [1.807, 2.05) is 54.6 Å². The molecule has 7 rings (SSSR count). The van der Waals surface area contributed by atoms with E-state index in [4.69, 9.17) is 24.2 Å². The maximum absolute atomic E-state index is 14.9. The molecule has 3 aromatic carbocycles. The molecule has 1 saturated carbocycles. The number of amides is 2. The second kappa shape index (κ2) is 18.6. The number of nitrogens with zero attached hydrogens (tertiary/aromatic N) is 1. The lowest BCUT2D eigenvalue weighted by atomic mass is 9.62. The van der Waals surface area contributed by atoms with Gasteiger partial charge in [0.05, 0.1) is 13.2 Å². The van der Waals surface area contributed by atoms with Crippen molar-refractivity contribution in [3.05, 3.63) is 107 Å². The summed E-state index contributed by atoms with van der Waals surface area (Å²) in [4.78, 5) is 48.5. The van der Waals surface area contributed by atoms with Gasteiger partial charge in [0.25, 0.3) is 5.91 Å². The largest absolute Gasteiger partial charge is 0.508 e. The number of hydroxylamine groups is 2. The SMILES string of the molecule is CCCCCC1(CCCCC)O[C@@H]2[C@H]3ON(Cc4ccc(C=CCc5ccccc5O)cc4)[C@H]4C(=O)OC(CC34C(=O)NCc3cccc(C(=O)NCCO)c3)[C@@H]2O1. The Morgan fingerprint density at radius 2 is 1.64 bits per heavy atom. The molecule has 1 aliphatic carbocycles. The first kappa shape index (κ1) is 41.6. The summed E-state index contributed by atoms with van der Waals surface area (Å²) in [5, 5.41) is 26.7. The van der Waals surface area contributed by atoms with Gasteiger partial charge in [-0.05, 0) is 59.7 Å². The summed E-state index contributed by atoms with van der Waals surface area (Å²) in [5.74, 6) is -1.80. The highest BCUT2D eigenvalue weighted by atomic mass is 16.8. The first-order chi connectivity index (χ1) is 28.2. The molecular formula is C46H57N3O9. The number of ether oxygens (including phenoxy) is 3. The number of aliphatic hydroxyl groups excluding tert-OH is 1. The Hall–Kier alpha value is -4.59. The number of esters is 1. The van der Waals surface area contributed by atoms with Crippen LogP contribution < -0.4 is 10.6 Å². The van der Waals surface area contributed by atoms with E-state index < -0.39 is 47.6 Å². The van der Waals surface area contributed by atoms with E-state index in [0.717, 1.165) is 55.2 Å². The van der Waals surface area contributed by atoms with Crippen LogP contribution in [0, 0.1) is 5.41 Å². The third-order valence-electron chi connectivity index (χ3n) is 12.0. The molecule has 6 atom stereocenters. The monoisotopic (exact) mass is 795 g/mol. The molecule has 4 aliphatic rings. The molecule has 0 aromatic heterocycles. The molecular weight excluding hydrogens is 739 g/mol. The number of rotatable bonds is 19. The van der Waals surface area contributed by atoms with Gasteiger partial charge in [0.15, 0.2) is 11.8 Å². The van der Waals surface area contributed by atoms with Crippen molar-refractivity contribution in [2.75, 3.05) is 13.2 Å². The fourth-order valence-corrected chi connectivity index (χ4v) is 9.06. The maximum Gasteiger partial charge on any atom is 0.327 e. The summed E-state index contributed by atoms with van der Waals surface area (Å²) in [6.45, 7) is 4.62. The quantitative estimate of drug-likeness (QED) is 0.0823. The van der Waals surface area contributed by atoms with Crippen molar-refractivity contribution < 1.29 is 43.6 Å². The Morgan fingerprint density at radius 1 is 0.897 bits per heavy atom. The fourth-order valence-electron chi connectivity index (χ4n) is 9.06. The van der Waals surface area contributed by atoms with Crippen molar-refractivity contribution in [2.24, 2.45) is 5.41 Å². The lowest BCUT2D eigenvalue weighted by Crippen LogP contribution is -2.69. The van der Waals surface area contributed by atoms with E-state index in [1.165, 1.54) is 0 Å². The van der Waals surface area contributed by atoms with Gasteiger partial charge in [-0.2, -0.15) is 5.06 Å². The van der Waals surface area contributed by atoms with Gasteiger partial charge < -0.3 is 35.1 Å². The standard InChI is InChI=1S/C46H57N3O9/c1-3-5-9-23-45(24-10-6-4-2)56-38-37-28-46(44(54)48-29-33-14-12-17-35(27-33)42(52)47-25-26-50)40(43(53)55-37)49(58-41(46)39(38)57-45)30-32-21-19-31(20-22-32)13-11-16-34-15-7-8-18-36(34)51/h7-8,11-15,17-22,27,37-41,50-51H,3-6,9-10,16,23-26,28-30H2,1-2H3,(H,47,52)(H,48,54)/t37?,38-,39-,40-,41+,46?/m0/s1. The molecule has 4 N–H and O–H groups in total. The van der Waals surface area contributed by atoms with Crippen LogP contribution in [0.3, 0.4) is 0 Å². The predicted molar refractivity (Wildman–Crippen MR) is 217 cm³/mol. The van der Waals surface area contributed by atoms with Gasteiger partial charge in [-0.15, -0.1) is 0 Å². The van der Waals surface area contributed by atoms with Crippen LogP contribution in [-0.2, 0) is 48.1 Å². The highest BCUT2D eigenvalue weighted by Crippen LogP contribution is 2.58. The second-order valence-electron chi connectivity index (χ2n) is 16.1. The molecule has 4 fully saturated rings. The summed E-state index contributed by atoms with van der Waals surface area (Å²) >= 11 is 0. The number of benzene rings is 3. The van der Waals surface area contributed by atoms with Crippen molar-refractivity contribution in [1.29, 1.82) is 0 Å². The van der Waals surface area contributed by atoms with Crippen LogP contribution in [0.25, 0.3) is 6.08 Å². The molecule has 12 heteroatoms. The summed E-state index contributed by atoms with van der Waals surface area (Å²) in [6.07, 6.45) is 9.48. The molecule has 3 aliphatic heterocycles. The van der Waals surface area contributed by atoms with Crippen molar-refractivity contribution in [2.45, 2.75) is 127 Å². The van der Waals surface area contributed by atoms with Gasteiger partial charge in [0, 0.05) is 37.9 Å². The number of para-hydroxylation sites is 1. The number of aliphatic hydroxyl groups is 1. The first-order valence-electron chi connectivity index (χ1n) is 21.0. The minimum atomic E-state index is -1.34. The van der Waals surface area contributed by atoms with Crippen LogP contribution in [0.15, 0.2) is 78.9 Å². The van der Waals surface area contributed by atoms with Crippen molar-refractivity contribution in [3.63, 3.8) is 0 Å². The van der Waals surface area contributed by atoms with Crippen LogP contribution in [-0.4, -0.2) is 82.5 Å². The summed E-state index contributed by atoms with van der Waals surface area (Å²) < 4.78 is 20.1. The molecule has 0 spiro atoms. The molecule has 3 heterocycles. The number of nitrogens with one attached hydrogen (secondary N) is 2. The van der Waals surface area contributed by atoms with Gasteiger partial charge >= 0.3 is 5.97 Å². The number of phenolic OH excluding ortho intramolecular Hbond substituents is 1. The van der Waals surface area contributed by atoms with E-state index >= 15 is 0 Å². The highest BCUT2D eigenvalue weighted by Gasteiger charge is 2.76. The maximum atomic E-state index is 14.9. The van der Waals surface area contributed by atoms with Gasteiger partial charge in [0.2, 0.25) is 5.91 Å². The third-order valence-corrected chi connectivity index (χ3v) is 12.0. The van der Waals surface area contributed by atoms with E-state index in [-0.39, 0.29) is 50.2 Å². The van der Waals surface area contributed by atoms with Gasteiger partial charge in [-0.25, -0.2) is 0 Å². The summed E-state index contributed by atoms with van der Waals surface area (Å²) in [6, 6.07) is 21.1. The predicted octanol–water partition coefficient (Wildman–Crippen LogP) is 6.13. The van der Waals surface area contributed by atoms with Crippen LogP contribution in [0.4, 0.5) is 0 Å². The first-order valence-corrected chi connectivity index (χ1v) is 21.0. The van der Waals surface area contributed by atoms with Crippen molar-refractivity contribution >= 4 is 23.9 Å². The number of aromatic hydroxyl groups is 1. The van der Waals surface area contributed by atoms with Crippen molar-refractivity contribution in [3.8, 4) is 5.75 Å². The van der Waals surface area contributed by atoms with Gasteiger partial charge in [-0.1, -0.05) is 106 Å². The van der Waals surface area contributed by atoms with Gasteiger partial charge in [-0.3, -0.25) is 19.2 Å². The molecule has 3 aromatic rings. The number of carbonyl (C=O) groups is 3. The Morgan fingerprint density at radius 3 is 2.36 bits per heavy atom. The van der Waals surface area contributed by atoms with Crippen LogP contribution in [0.2, 0.25) is 0 Å². The molecule has 2 unspecified atom stereocenters. The zero-order valence-corrected chi connectivity index (χ0v) is 33.6. The molecule has 310 valence electrons. The van der Waals surface area contributed by atoms with E-state index in [0.29, 0.717) is 30.4 Å². The molecule has 0 radical (unpaired) electrons. The van der Waals surface area contributed by atoms with Crippen LogP contribution in [0.5, 0.6) is 5.75 Å². The van der Waals surface area contributed by atoms with Gasteiger partial charge in [0.1, 0.15) is 35.6 Å². The molecule has 58 heavy (non-hydrogen) atoms. The minimum absolute atomic E-state index is 0.114. The Kier molecular flexibility index (Phi) is 13.3. The average Bonchev–Trinajstić information content (AvgIpc) is 3.79. The van der Waals surface area contributed by atoms with Crippen molar-refractivity contribution in [1.82, 2.24) is 15.7 Å². The third kappa shape index (κ3) is 8.72. The highest BCUT2D eigenvalue weighted by molar-refractivity contribution is 5.95. The number of unbranched alkanes of at least 4 members (excludes halogenated alkanes) is 4. The number of hydrogen-bond donors (Lipinski definition) is 4. The zero-order valence-electron chi connectivity index (χ0n) is 33.6. The van der Waals surface area contributed by atoms with Crippen LogP contribution in [0.1, 0.15) is 104 Å². The minimum Gasteiger partial charge on any atom is -0.508 e.